The molecular formula is C23H24N6O2S. The van der Waals surface area contributed by atoms with Crippen molar-refractivity contribution in [3.8, 4) is 11.4 Å². The first-order valence-electron chi connectivity index (χ1n) is 10.3. The van der Waals surface area contributed by atoms with Gasteiger partial charge in [0.05, 0.1) is 17.1 Å². The SMILES string of the molecule is CC(C)c1ccc(S(=O)(=O)N(Cc2ccc(-c3nnn[nH]3)cc2)Cc2ccccn2)cc1. The number of tetrazole rings is 1. The maximum atomic E-state index is 13.5. The summed E-state index contributed by atoms with van der Waals surface area (Å²) in [5.74, 6) is 0.884. The summed E-state index contributed by atoms with van der Waals surface area (Å²) in [7, 11) is -3.74. The van der Waals surface area contributed by atoms with E-state index >= 15 is 0 Å². The fraction of sp³-hybridized carbons (Fsp3) is 0.217. The smallest absolute Gasteiger partial charge is 0.243 e. The Morgan fingerprint density at radius 3 is 2.28 bits per heavy atom. The first-order chi connectivity index (χ1) is 15.4. The number of nitrogens with one attached hydrogen (secondary N) is 1. The van der Waals surface area contributed by atoms with Crippen LogP contribution >= 0.6 is 0 Å². The molecule has 2 aromatic carbocycles. The zero-order chi connectivity index (χ0) is 22.6. The average Bonchev–Trinajstić information content (AvgIpc) is 3.35. The van der Waals surface area contributed by atoms with Crippen LogP contribution in [-0.2, 0) is 23.1 Å². The van der Waals surface area contributed by atoms with E-state index in [9.17, 15) is 8.42 Å². The Kier molecular flexibility index (Phi) is 6.38. The van der Waals surface area contributed by atoms with Gasteiger partial charge < -0.3 is 0 Å². The normalized spacial score (nSPS) is 11.9. The summed E-state index contributed by atoms with van der Waals surface area (Å²) in [5.41, 5.74) is 3.44. The van der Waals surface area contributed by atoms with Crippen molar-refractivity contribution in [1.29, 1.82) is 0 Å². The van der Waals surface area contributed by atoms with Crippen LogP contribution in [0.3, 0.4) is 0 Å². The third-order valence-electron chi connectivity index (χ3n) is 5.18. The first-order valence-corrected chi connectivity index (χ1v) is 11.7. The topological polar surface area (TPSA) is 105 Å². The predicted molar refractivity (Wildman–Crippen MR) is 121 cm³/mol. The molecule has 0 spiro atoms. The van der Waals surface area contributed by atoms with Crippen LogP contribution < -0.4 is 0 Å². The van der Waals surface area contributed by atoms with Crippen molar-refractivity contribution in [1.82, 2.24) is 29.9 Å². The van der Waals surface area contributed by atoms with Crippen molar-refractivity contribution < 1.29 is 8.42 Å². The number of aromatic nitrogens is 5. The molecule has 0 bridgehead atoms. The van der Waals surface area contributed by atoms with Gasteiger partial charge in [0.25, 0.3) is 0 Å². The number of nitrogens with zero attached hydrogens (tertiary/aromatic N) is 5. The number of aromatic amines is 1. The van der Waals surface area contributed by atoms with Crippen molar-refractivity contribution in [2.45, 2.75) is 37.8 Å². The van der Waals surface area contributed by atoms with Gasteiger partial charge in [0.2, 0.25) is 10.0 Å². The lowest BCUT2D eigenvalue weighted by molar-refractivity contribution is 0.397. The van der Waals surface area contributed by atoms with Crippen molar-refractivity contribution in [2.24, 2.45) is 0 Å². The van der Waals surface area contributed by atoms with Crippen LogP contribution in [0, 0.1) is 0 Å². The largest absolute Gasteiger partial charge is 0.260 e. The molecule has 0 aliphatic rings. The molecule has 32 heavy (non-hydrogen) atoms. The van der Waals surface area contributed by atoms with Crippen molar-refractivity contribution >= 4 is 10.0 Å². The van der Waals surface area contributed by atoms with E-state index in [4.69, 9.17) is 0 Å². The number of hydrogen-bond donors (Lipinski definition) is 1. The van der Waals surface area contributed by atoms with E-state index in [-0.39, 0.29) is 18.0 Å². The Morgan fingerprint density at radius 2 is 1.69 bits per heavy atom. The summed E-state index contributed by atoms with van der Waals surface area (Å²) in [6.45, 7) is 4.54. The fourth-order valence-corrected chi connectivity index (χ4v) is 4.72. The maximum absolute atomic E-state index is 13.5. The predicted octanol–water partition coefficient (Wildman–Crippen LogP) is 3.78. The summed E-state index contributed by atoms with van der Waals surface area (Å²) in [6, 6.07) is 20.1. The Balaban J connectivity index is 1.63. The van der Waals surface area contributed by atoms with Crippen molar-refractivity contribution in [2.75, 3.05) is 0 Å². The van der Waals surface area contributed by atoms with E-state index in [1.54, 1.807) is 18.3 Å². The third-order valence-corrected chi connectivity index (χ3v) is 6.99. The molecule has 4 aromatic rings. The molecule has 0 radical (unpaired) electrons. The van der Waals surface area contributed by atoms with Gasteiger partial charge in [-0.3, -0.25) is 4.98 Å². The molecule has 4 rings (SSSR count). The van der Waals surface area contributed by atoms with Crippen LogP contribution in [0.25, 0.3) is 11.4 Å². The maximum Gasteiger partial charge on any atom is 0.243 e. The van der Waals surface area contributed by atoms with E-state index in [0.717, 1.165) is 16.7 Å². The second kappa shape index (κ2) is 9.37. The Hall–Kier alpha value is -3.43. The Labute approximate surface area is 187 Å². The average molecular weight is 449 g/mol. The lowest BCUT2D eigenvalue weighted by atomic mass is 10.0. The Morgan fingerprint density at radius 1 is 0.938 bits per heavy atom. The molecule has 1 N–H and O–H groups in total. The zero-order valence-electron chi connectivity index (χ0n) is 17.9. The zero-order valence-corrected chi connectivity index (χ0v) is 18.7. The second-order valence-electron chi connectivity index (χ2n) is 7.76. The highest BCUT2D eigenvalue weighted by atomic mass is 32.2. The fourth-order valence-electron chi connectivity index (χ4n) is 3.33. The monoisotopic (exact) mass is 448 g/mol. The minimum absolute atomic E-state index is 0.170. The van der Waals surface area contributed by atoms with Crippen LogP contribution in [0.5, 0.6) is 0 Å². The van der Waals surface area contributed by atoms with Crippen LogP contribution in [0.1, 0.15) is 36.6 Å². The molecular weight excluding hydrogens is 424 g/mol. The summed E-state index contributed by atoms with van der Waals surface area (Å²) < 4.78 is 28.5. The van der Waals surface area contributed by atoms with Gasteiger partial charge in [-0.2, -0.15) is 4.31 Å². The highest BCUT2D eigenvalue weighted by Gasteiger charge is 2.25. The molecule has 0 unspecified atom stereocenters. The summed E-state index contributed by atoms with van der Waals surface area (Å²) in [6.07, 6.45) is 1.66. The molecule has 2 heterocycles. The van der Waals surface area contributed by atoms with E-state index in [0.29, 0.717) is 17.4 Å². The van der Waals surface area contributed by atoms with Crippen LogP contribution in [0.15, 0.2) is 77.8 Å². The second-order valence-corrected chi connectivity index (χ2v) is 9.70. The molecule has 8 nitrogen and oxygen atoms in total. The molecule has 0 saturated carbocycles. The van der Waals surface area contributed by atoms with Gasteiger partial charge in [0, 0.05) is 18.3 Å². The van der Waals surface area contributed by atoms with Gasteiger partial charge in [-0.1, -0.05) is 56.3 Å². The minimum Gasteiger partial charge on any atom is -0.260 e. The highest BCUT2D eigenvalue weighted by Crippen LogP contribution is 2.24. The lowest BCUT2D eigenvalue weighted by Gasteiger charge is -2.22. The van der Waals surface area contributed by atoms with Crippen LogP contribution in [0.4, 0.5) is 0 Å². The summed E-state index contributed by atoms with van der Waals surface area (Å²) >= 11 is 0. The number of benzene rings is 2. The van der Waals surface area contributed by atoms with Gasteiger partial charge in [0.15, 0.2) is 5.82 Å². The van der Waals surface area contributed by atoms with Crippen LogP contribution in [-0.4, -0.2) is 38.3 Å². The minimum atomic E-state index is -3.74. The first kappa shape index (κ1) is 21.8. The molecule has 2 aromatic heterocycles. The van der Waals surface area contributed by atoms with E-state index in [1.807, 2.05) is 54.6 Å². The number of pyridine rings is 1. The highest BCUT2D eigenvalue weighted by molar-refractivity contribution is 7.89. The number of H-pyrrole nitrogens is 1. The van der Waals surface area contributed by atoms with Crippen molar-refractivity contribution in [3.05, 3.63) is 89.7 Å². The van der Waals surface area contributed by atoms with E-state index in [2.05, 4.69) is 39.5 Å². The van der Waals surface area contributed by atoms with Gasteiger partial charge >= 0.3 is 0 Å². The van der Waals surface area contributed by atoms with Gasteiger partial charge in [-0.15, -0.1) is 5.10 Å². The molecule has 164 valence electrons. The molecule has 0 aliphatic heterocycles. The lowest BCUT2D eigenvalue weighted by Crippen LogP contribution is -2.30. The number of sulfonamides is 1. The molecule has 9 heteroatoms. The van der Waals surface area contributed by atoms with Crippen LogP contribution in [0.2, 0.25) is 0 Å². The van der Waals surface area contributed by atoms with Crippen molar-refractivity contribution in [3.63, 3.8) is 0 Å². The molecule has 0 amide bonds. The summed E-state index contributed by atoms with van der Waals surface area (Å²) in [5, 5.41) is 13.8. The summed E-state index contributed by atoms with van der Waals surface area (Å²) in [4.78, 5) is 4.59. The molecule has 0 saturated heterocycles. The third kappa shape index (κ3) is 4.90. The number of rotatable bonds is 8. The van der Waals surface area contributed by atoms with Gasteiger partial charge in [0.1, 0.15) is 0 Å². The molecule has 0 aliphatic carbocycles. The quantitative estimate of drug-likeness (QED) is 0.440. The standard InChI is InChI=1S/C23H24N6O2S/c1-17(2)19-10-12-22(13-11-19)32(30,31)29(16-21-5-3-4-14-24-21)15-18-6-8-20(9-7-18)23-25-27-28-26-23/h3-14,17H,15-16H2,1-2H3,(H,25,26,27,28). The van der Waals surface area contributed by atoms with Gasteiger partial charge in [-0.05, 0) is 51.7 Å². The van der Waals surface area contributed by atoms with E-state index in [1.165, 1.54) is 4.31 Å². The molecule has 0 fully saturated rings. The van der Waals surface area contributed by atoms with E-state index < -0.39 is 10.0 Å². The van der Waals surface area contributed by atoms with Gasteiger partial charge in [-0.25, -0.2) is 13.5 Å². The molecule has 0 atom stereocenters. The Bertz CT molecular complexity index is 1240. The number of hydrogen-bond acceptors (Lipinski definition) is 6.